The number of piperazine rings is 1. The van der Waals surface area contributed by atoms with Gasteiger partial charge in [0.25, 0.3) is 0 Å². The highest BCUT2D eigenvalue weighted by atomic mass is 15.2. The molecule has 1 N–H and O–H groups in total. The van der Waals surface area contributed by atoms with E-state index in [1.165, 1.54) is 0 Å². The van der Waals surface area contributed by atoms with E-state index in [9.17, 15) is 0 Å². The maximum Gasteiger partial charge on any atom is 0.0244 e. The summed E-state index contributed by atoms with van der Waals surface area (Å²) in [6, 6.07) is 0.633. The Kier molecular flexibility index (Phi) is 2.69. The molecule has 0 aliphatic carbocycles. The van der Waals surface area contributed by atoms with Crippen molar-refractivity contribution in [2.75, 3.05) is 19.6 Å². The lowest BCUT2D eigenvalue weighted by molar-refractivity contribution is 0.178. The quantitative estimate of drug-likeness (QED) is 0.578. The number of nitrogens with one attached hydrogen (secondary N) is 1. The number of nitrogens with zero attached hydrogens (tertiary/aromatic N) is 1. The van der Waals surface area contributed by atoms with Gasteiger partial charge in [0, 0.05) is 32.7 Å². The Morgan fingerprint density at radius 3 is 2.70 bits per heavy atom. The van der Waals surface area contributed by atoms with E-state index in [0.717, 1.165) is 19.6 Å². The van der Waals surface area contributed by atoms with Crippen LogP contribution in [0.25, 0.3) is 0 Å². The zero-order valence-corrected chi connectivity index (χ0v) is 6.93. The molecule has 1 rings (SSSR count). The van der Waals surface area contributed by atoms with E-state index in [1.54, 1.807) is 0 Å². The summed E-state index contributed by atoms with van der Waals surface area (Å²) < 4.78 is 0. The standard InChI is InChI=1S/C8H17N2/c1-7(2)8-6-9-4-5-10(8)3/h7-9H,3-6H2,1-2H3. The van der Waals surface area contributed by atoms with Crippen LogP contribution in [0.5, 0.6) is 0 Å². The first-order valence-electron chi connectivity index (χ1n) is 3.99. The van der Waals surface area contributed by atoms with E-state index < -0.39 is 0 Å². The van der Waals surface area contributed by atoms with Gasteiger partial charge in [-0.25, -0.2) is 0 Å². The predicted octanol–water partition coefficient (Wildman–Crippen LogP) is 0.708. The summed E-state index contributed by atoms with van der Waals surface area (Å²) in [5.74, 6) is 0.713. The van der Waals surface area contributed by atoms with E-state index in [0.29, 0.717) is 12.0 Å². The summed E-state index contributed by atoms with van der Waals surface area (Å²) in [6.07, 6.45) is 0. The Morgan fingerprint density at radius 2 is 2.30 bits per heavy atom. The summed E-state index contributed by atoms with van der Waals surface area (Å²) in [5, 5.41) is 3.36. The lowest BCUT2D eigenvalue weighted by atomic mass is 10.0. The Bertz CT molecular complexity index is 101. The molecule has 1 heterocycles. The van der Waals surface area contributed by atoms with Crippen molar-refractivity contribution in [3.8, 4) is 0 Å². The van der Waals surface area contributed by atoms with E-state index in [2.05, 4.69) is 31.1 Å². The second kappa shape index (κ2) is 3.35. The SMILES string of the molecule is [CH2]N1CCNCC1C(C)C. The Balaban J connectivity index is 2.40. The maximum atomic E-state index is 3.99. The fourth-order valence-electron chi connectivity index (χ4n) is 1.42. The molecule has 0 bridgehead atoms. The van der Waals surface area contributed by atoms with Crippen molar-refractivity contribution in [1.82, 2.24) is 10.2 Å². The monoisotopic (exact) mass is 141 g/mol. The van der Waals surface area contributed by atoms with Crippen LogP contribution in [0.3, 0.4) is 0 Å². The van der Waals surface area contributed by atoms with Crippen LogP contribution in [0.2, 0.25) is 0 Å². The Labute approximate surface area is 63.6 Å². The van der Waals surface area contributed by atoms with Crippen LogP contribution in [-0.4, -0.2) is 30.6 Å². The van der Waals surface area contributed by atoms with Crippen molar-refractivity contribution < 1.29 is 0 Å². The molecule has 2 heteroatoms. The van der Waals surface area contributed by atoms with Crippen LogP contribution in [0.4, 0.5) is 0 Å². The van der Waals surface area contributed by atoms with Crippen molar-refractivity contribution in [2.24, 2.45) is 5.92 Å². The number of hydrogen-bond acceptors (Lipinski definition) is 2. The zero-order chi connectivity index (χ0) is 7.56. The van der Waals surface area contributed by atoms with Gasteiger partial charge in [0.1, 0.15) is 0 Å². The molecule has 1 aliphatic heterocycles. The Morgan fingerprint density at radius 1 is 1.60 bits per heavy atom. The molecule has 0 aromatic rings. The predicted molar refractivity (Wildman–Crippen MR) is 43.6 cm³/mol. The molecule has 1 unspecified atom stereocenters. The van der Waals surface area contributed by atoms with Crippen molar-refractivity contribution in [3.05, 3.63) is 7.05 Å². The molecule has 10 heavy (non-hydrogen) atoms. The third-order valence-corrected chi connectivity index (χ3v) is 2.17. The molecule has 1 aliphatic rings. The fourth-order valence-corrected chi connectivity index (χ4v) is 1.42. The number of hydrogen-bond donors (Lipinski definition) is 1. The first kappa shape index (κ1) is 8.02. The van der Waals surface area contributed by atoms with E-state index >= 15 is 0 Å². The highest BCUT2D eigenvalue weighted by Gasteiger charge is 2.20. The van der Waals surface area contributed by atoms with Crippen LogP contribution in [-0.2, 0) is 0 Å². The summed E-state index contributed by atoms with van der Waals surface area (Å²) in [6.45, 7) is 7.77. The third-order valence-electron chi connectivity index (χ3n) is 2.17. The molecular formula is C8H17N2. The lowest BCUT2D eigenvalue weighted by Gasteiger charge is -2.35. The van der Waals surface area contributed by atoms with Crippen LogP contribution in [0.1, 0.15) is 13.8 Å². The molecule has 1 saturated heterocycles. The largest absolute Gasteiger partial charge is 0.314 e. The van der Waals surface area contributed by atoms with Crippen LogP contribution in [0, 0.1) is 13.0 Å². The molecule has 0 aromatic heterocycles. The van der Waals surface area contributed by atoms with Gasteiger partial charge in [0.15, 0.2) is 0 Å². The summed E-state index contributed by atoms with van der Waals surface area (Å²) in [7, 11) is 3.99. The summed E-state index contributed by atoms with van der Waals surface area (Å²) in [5.41, 5.74) is 0. The lowest BCUT2D eigenvalue weighted by Crippen LogP contribution is -2.50. The zero-order valence-electron chi connectivity index (χ0n) is 6.93. The van der Waals surface area contributed by atoms with Crippen molar-refractivity contribution >= 4 is 0 Å². The fraction of sp³-hybridized carbons (Fsp3) is 0.875. The summed E-state index contributed by atoms with van der Waals surface area (Å²) >= 11 is 0. The van der Waals surface area contributed by atoms with Gasteiger partial charge in [-0.1, -0.05) is 13.8 Å². The molecule has 2 nitrogen and oxygen atoms in total. The molecule has 1 radical (unpaired) electrons. The molecular weight excluding hydrogens is 124 g/mol. The van der Waals surface area contributed by atoms with Gasteiger partial charge in [-0.15, -0.1) is 0 Å². The first-order valence-corrected chi connectivity index (χ1v) is 3.99. The highest BCUT2D eigenvalue weighted by molar-refractivity contribution is 4.81. The van der Waals surface area contributed by atoms with Crippen LogP contribution < -0.4 is 5.32 Å². The topological polar surface area (TPSA) is 15.3 Å². The smallest absolute Gasteiger partial charge is 0.0244 e. The molecule has 0 aromatic carbocycles. The van der Waals surface area contributed by atoms with Crippen molar-refractivity contribution in [1.29, 1.82) is 0 Å². The second-order valence-corrected chi connectivity index (χ2v) is 3.33. The van der Waals surface area contributed by atoms with Gasteiger partial charge in [-0.05, 0) is 5.92 Å². The average Bonchev–Trinajstić information content (AvgIpc) is 1.88. The van der Waals surface area contributed by atoms with Gasteiger partial charge in [0.05, 0.1) is 0 Å². The Hall–Kier alpha value is -0.0800. The van der Waals surface area contributed by atoms with Gasteiger partial charge < -0.3 is 5.32 Å². The first-order chi connectivity index (χ1) is 4.72. The van der Waals surface area contributed by atoms with Gasteiger partial charge in [0.2, 0.25) is 0 Å². The maximum absolute atomic E-state index is 3.99. The van der Waals surface area contributed by atoms with Gasteiger partial charge in [-0.3, -0.25) is 4.90 Å². The van der Waals surface area contributed by atoms with E-state index in [-0.39, 0.29) is 0 Å². The second-order valence-electron chi connectivity index (χ2n) is 3.33. The molecule has 1 atom stereocenters. The highest BCUT2D eigenvalue weighted by Crippen LogP contribution is 2.10. The van der Waals surface area contributed by atoms with Crippen molar-refractivity contribution in [3.63, 3.8) is 0 Å². The van der Waals surface area contributed by atoms with Crippen LogP contribution >= 0.6 is 0 Å². The molecule has 59 valence electrons. The van der Waals surface area contributed by atoms with E-state index in [1.807, 2.05) is 0 Å². The van der Waals surface area contributed by atoms with Crippen LogP contribution in [0.15, 0.2) is 0 Å². The minimum Gasteiger partial charge on any atom is -0.314 e. The van der Waals surface area contributed by atoms with Gasteiger partial charge >= 0.3 is 0 Å². The number of rotatable bonds is 1. The minimum atomic E-state index is 0.633. The minimum absolute atomic E-state index is 0.633. The third kappa shape index (κ3) is 1.70. The molecule has 0 spiro atoms. The molecule has 1 fully saturated rings. The van der Waals surface area contributed by atoms with E-state index in [4.69, 9.17) is 0 Å². The van der Waals surface area contributed by atoms with Crippen molar-refractivity contribution in [2.45, 2.75) is 19.9 Å². The normalized spacial score (nSPS) is 29.4. The molecule has 0 saturated carbocycles. The average molecular weight is 141 g/mol. The molecule has 0 amide bonds. The van der Waals surface area contributed by atoms with Gasteiger partial charge in [-0.2, -0.15) is 0 Å². The summed E-state index contributed by atoms with van der Waals surface area (Å²) in [4.78, 5) is 2.20.